The third kappa shape index (κ3) is 2.29. The van der Waals surface area contributed by atoms with Gasteiger partial charge in [0, 0.05) is 6.54 Å². The number of aryl methyl sites for hydroxylation is 2. The van der Waals surface area contributed by atoms with Crippen molar-refractivity contribution in [3.05, 3.63) is 62.6 Å². The summed E-state index contributed by atoms with van der Waals surface area (Å²) in [5, 5.41) is 0. The lowest BCUT2D eigenvalue weighted by Crippen LogP contribution is -2.31. The van der Waals surface area contributed by atoms with Crippen LogP contribution < -0.4 is 11.2 Å². The quantitative estimate of drug-likeness (QED) is 0.787. The summed E-state index contributed by atoms with van der Waals surface area (Å²) in [5.74, 6) is 0. The molecule has 0 bridgehead atoms. The molecular formula is C15H16N4O2. The minimum absolute atomic E-state index is 0.382. The molecule has 0 atom stereocenters. The van der Waals surface area contributed by atoms with Crippen LogP contribution in [0.4, 0.5) is 0 Å². The van der Waals surface area contributed by atoms with Crippen LogP contribution in [0, 0.1) is 6.92 Å². The van der Waals surface area contributed by atoms with Gasteiger partial charge in [-0.15, -0.1) is 0 Å². The molecule has 2 heterocycles. The zero-order valence-electron chi connectivity index (χ0n) is 12.0. The van der Waals surface area contributed by atoms with Gasteiger partial charge in [0.15, 0.2) is 11.2 Å². The number of H-pyrrole nitrogens is 1. The molecule has 108 valence electrons. The van der Waals surface area contributed by atoms with E-state index in [4.69, 9.17) is 0 Å². The van der Waals surface area contributed by atoms with E-state index in [1.54, 1.807) is 10.9 Å². The third-order valence-corrected chi connectivity index (χ3v) is 3.56. The summed E-state index contributed by atoms with van der Waals surface area (Å²) in [7, 11) is 0. The van der Waals surface area contributed by atoms with Crippen molar-refractivity contribution in [2.24, 2.45) is 0 Å². The van der Waals surface area contributed by atoms with Crippen LogP contribution in [-0.4, -0.2) is 19.1 Å². The molecule has 6 nitrogen and oxygen atoms in total. The van der Waals surface area contributed by atoms with Gasteiger partial charge in [-0.1, -0.05) is 29.8 Å². The molecule has 1 N–H and O–H groups in total. The maximum Gasteiger partial charge on any atom is 0.330 e. The SMILES string of the molecule is CCn1cnc2c1c(=O)[nH]c(=O)n2Cc1ccc(C)cc1. The second-order valence-electron chi connectivity index (χ2n) is 5.03. The molecular weight excluding hydrogens is 268 g/mol. The fourth-order valence-electron chi connectivity index (χ4n) is 2.38. The molecule has 1 aromatic carbocycles. The second kappa shape index (κ2) is 5.05. The number of nitrogens with zero attached hydrogens (tertiary/aromatic N) is 3. The van der Waals surface area contributed by atoms with Gasteiger partial charge in [-0.2, -0.15) is 0 Å². The van der Waals surface area contributed by atoms with Crippen LogP contribution >= 0.6 is 0 Å². The van der Waals surface area contributed by atoms with Crippen molar-refractivity contribution in [1.82, 2.24) is 19.1 Å². The first-order valence-electron chi connectivity index (χ1n) is 6.83. The molecule has 0 saturated carbocycles. The monoisotopic (exact) mass is 284 g/mol. The summed E-state index contributed by atoms with van der Waals surface area (Å²) < 4.78 is 3.23. The fraction of sp³-hybridized carbons (Fsp3) is 0.267. The molecule has 0 unspecified atom stereocenters. The zero-order chi connectivity index (χ0) is 15.0. The molecule has 0 fully saturated rings. The van der Waals surface area contributed by atoms with Gasteiger partial charge in [0.25, 0.3) is 5.56 Å². The minimum Gasteiger partial charge on any atom is -0.325 e. The van der Waals surface area contributed by atoms with E-state index >= 15 is 0 Å². The first-order valence-corrected chi connectivity index (χ1v) is 6.83. The first kappa shape index (κ1) is 13.4. The molecule has 0 amide bonds. The number of rotatable bonds is 3. The van der Waals surface area contributed by atoms with E-state index in [0.717, 1.165) is 11.1 Å². The Labute approximate surface area is 120 Å². The van der Waals surface area contributed by atoms with E-state index in [1.165, 1.54) is 4.57 Å². The highest BCUT2D eigenvalue weighted by Gasteiger charge is 2.13. The smallest absolute Gasteiger partial charge is 0.325 e. The number of aromatic amines is 1. The van der Waals surface area contributed by atoms with E-state index < -0.39 is 11.2 Å². The predicted molar refractivity (Wildman–Crippen MR) is 80.6 cm³/mol. The van der Waals surface area contributed by atoms with E-state index in [2.05, 4.69) is 9.97 Å². The number of aromatic nitrogens is 4. The molecule has 0 radical (unpaired) electrons. The summed E-state index contributed by atoms with van der Waals surface area (Å²) in [5.41, 5.74) is 2.18. The minimum atomic E-state index is -0.436. The lowest BCUT2D eigenvalue weighted by atomic mass is 10.1. The number of benzene rings is 1. The number of fused-ring (bicyclic) bond motifs is 1. The number of hydrogen-bond acceptors (Lipinski definition) is 3. The summed E-state index contributed by atoms with van der Waals surface area (Å²) in [4.78, 5) is 30.6. The van der Waals surface area contributed by atoms with Crippen molar-refractivity contribution in [3.63, 3.8) is 0 Å². The molecule has 0 spiro atoms. The molecule has 21 heavy (non-hydrogen) atoms. The Bertz CT molecular complexity index is 900. The Kier molecular flexibility index (Phi) is 3.21. The molecule has 0 aliphatic carbocycles. The maximum atomic E-state index is 12.1. The van der Waals surface area contributed by atoms with Crippen molar-refractivity contribution in [2.75, 3.05) is 0 Å². The average molecular weight is 284 g/mol. The third-order valence-electron chi connectivity index (χ3n) is 3.56. The first-order chi connectivity index (χ1) is 10.1. The largest absolute Gasteiger partial charge is 0.330 e. The second-order valence-corrected chi connectivity index (χ2v) is 5.03. The molecule has 6 heteroatoms. The average Bonchev–Trinajstić information content (AvgIpc) is 2.89. The Morgan fingerprint density at radius 3 is 2.57 bits per heavy atom. The van der Waals surface area contributed by atoms with Crippen molar-refractivity contribution in [1.29, 1.82) is 0 Å². The Morgan fingerprint density at radius 2 is 1.90 bits per heavy atom. The molecule has 2 aromatic heterocycles. The molecule has 0 aliphatic rings. The van der Waals surface area contributed by atoms with Crippen molar-refractivity contribution in [2.45, 2.75) is 26.9 Å². The van der Waals surface area contributed by atoms with Crippen LogP contribution in [0.1, 0.15) is 18.1 Å². The fourth-order valence-corrected chi connectivity index (χ4v) is 2.38. The van der Waals surface area contributed by atoms with E-state index in [-0.39, 0.29) is 0 Å². The summed E-state index contributed by atoms with van der Waals surface area (Å²) in [6.45, 7) is 4.95. The van der Waals surface area contributed by atoms with E-state index in [9.17, 15) is 9.59 Å². The number of hydrogen-bond donors (Lipinski definition) is 1. The van der Waals surface area contributed by atoms with Crippen molar-refractivity contribution in [3.8, 4) is 0 Å². The van der Waals surface area contributed by atoms with Crippen molar-refractivity contribution >= 4 is 11.2 Å². The van der Waals surface area contributed by atoms with Gasteiger partial charge < -0.3 is 4.57 Å². The summed E-state index contributed by atoms with van der Waals surface area (Å²) in [6, 6.07) is 7.92. The zero-order valence-corrected chi connectivity index (χ0v) is 12.0. The van der Waals surface area contributed by atoms with E-state index in [1.807, 2.05) is 38.1 Å². The molecule has 3 rings (SSSR count). The highest BCUT2D eigenvalue weighted by Crippen LogP contribution is 2.09. The maximum absolute atomic E-state index is 12.1. The summed E-state index contributed by atoms with van der Waals surface area (Å²) in [6.07, 6.45) is 1.59. The van der Waals surface area contributed by atoms with Crippen LogP contribution in [0.25, 0.3) is 11.2 Å². The molecule has 0 saturated heterocycles. The Hall–Kier alpha value is -2.63. The Balaban J connectivity index is 2.18. The highest BCUT2D eigenvalue weighted by molar-refractivity contribution is 5.69. The summed E-state index contributed by atoms with van der Waals surface area (Å²) >= 11 is 0. The van der Waals surface area contributed by atoms with Gasteiger partial charge in [0.05, 0.1) is 12.9 Å². The van der Waals surface area contributed by atoms with Gasteiger partial charge in [0.2, 0.25) is 0 Å². The van der Waals surface area contributed by atoms with Crippen LogP contribution in [0.15, 0.2) is 40.2 Å². The van der Waals surface area contributed by atoms with Gasteiger partial charge >= 0.3 is 5.69 Å². The number of imidazole rings is 1. The van der Waals surface area contributed by atoms with E-state index in [0.29, 0.717) is 24.3 Å². The standard InChI is InChI=1S/C15H16N4O2/c1-3-18-9-16-13-12(18)14(20)17-15(21)19(13)8-11-6-4-10(2)5-7-11/h4-7,9H,3,8H2,1-2H3,(H,17,20,21). The molecule has 3 aromatic rings. The van der Waals surface area contributed by atoms with Crippen molar-refractivity contribution < 1.29 is 0 Å². The van der Waals surface area contributed by atoms with Gasteiger partial charge in [-0.25, -0.2) is 9.78 Å². The lowest BCUT2D eigenvalue weighted by molar-refractivity contribution is 0.742. The van der Waals surface area contributed by atoms with Crippen LogP contribution in [0.3, 0.4) is 0 Å². The van der Waals surface area contributed by atoms with Crippen LogP contribution in [-0.2, 0) is 13.1 Å². The normalized spacial score (nSPS) is 11.1. The Morgan fingerprint density at radius 1 is 1.19 bits per heavy atom. The molecule has 0 aliphatic heterocycles. The van der Waals surface area contributed by atoms with Gasteiger partial charge in [-0.05, 0) is 19.4 Å². The van der Waals surface area contributed by atoms with Crippen LogP contribution in [0.5, 0.6) is 0 Å². The predicted octanol–water partition coefficient (Wildman–Crippen LogP) is 1.26. The number of nitrogens with one attached hydrogen (secondary N) is 1. The van der Waals surface area contributed by atoms with Gasteiger partial charge in [0.1, 0.15) is 0 Å². The highest BCUT2D eigenvalue weighted by atomic mass is 16.2. The van der Waals surface area contributed by atoms with Crippen LogP contribution in [0.2, 0.25) is 0 Å². The topological polar surface area (TPSA) is 72.7 Å². The van der Waals surface area contributed by atoms with Gasteiger partial charge in [-0.3, -0.25) is 14.3 Å². The lowest BCUT2D eigenvalue weighted by Gasteiger charge is -2.07.